The Morgan fingerprint density at radius 3 is 2.14 bits per heavy atom. The summed E-state index contributed by atoms with van der Waals surface area (Å²) in [7, 11) is -2.59. The summed E-state index contributed by atoms with van der Waals surface area (Å²) in [6.45, 7) is 0. The summed E-state index contributed by atoms with van der Waals surface area (Å²) in [5, 5.41) is 16.5. The monoisotopic (exact) mass is 533 g/mol. The van der Waals surface area contributed by atoms with Crippen molar-refractivity contribution in [1.29, 1.82) is 0 Å². The number of Topliss-reactive ketones (excluding diaryl/α,β-unsaturated/α-hetero) is 1. The maximum atomic E-state index is 13.2. The number of benzene rings is 2. The highest BCUT2D eigenvalue weighted by atomic mass is 35.5. The van der Waals surface area contributed by atoms with E-state index >= 15 is 0 Å². The number of aliphatic hydroxyl groups excluding tert-OH is 1. The number of ketones is 1. The third-order valence-corrected chi connectivity index (χ3v) is 6.88. The molecule has 1 fully saturated rings. The van der Waals surface area contributed by atoms with Gasteiger partial charge < -0.3 is 9.84 Å². The first-order valence-electron chi connectivity index (χ1n) is 9.91. The number of pyridine rings is 1. The van der Waals surface area contributed by atoms with Crippen molar-refractivity contribution in [1.82, 2.24) is 4.98 Å². The van der Waals surface area contributed by atoms with Crippen LogP contribution in [0.1, 0.15) is 17.2 Å². The first kappa shape index (κ1) is 24.7. The highest BCUT2D eigenvalue weighted by molar-refractivity contribution is 7.89. The smallest absolute Gasteiger partial charge is 0.300 e. The van der Waals surface area contributed by atoms with E-state index in [-0.39, 0.29) is 37.5 Å². The standard InChI is InChI=1S/C23H17Cl2N3O6S/c1-34-22-16(24)10-13(11-17(22)25)20(29)18-19(12-6-8-27-9-7-12)28(23(31)21(18)30)14-2-4-15(5-3-14)35(26,32)33/h2-11,19,29H,1H3,(H2,26,32,33)/b20-18+. The van der Waals surface area contributed by atoms with Gasteiger partial charge in [-0.2, -0.15) is 0 Å². The molecule has 0 radical (unpaired) electrons. The van der Waals surface area contributed by atoms with Gasteiger partial charge in [0, 0.05) is 23.6 Å². The van der Waals surface area contributed by atoms with Crippen LogP contribution >= 0.6 is 23.2 Å². The topological polar surface area (TPSA) is 140 Å². The molecule has 1 aliphatic rings. The Morgan fingerprint density at radius 1 is 1.06 bits per heavy atom. The van der Waals surface area contributed by atoms with Crippen LogP contribution in [-0.2, 0) is 19.6 Å². The predicted molar refractivity (Wildman–Crippen MR) is 130 cm³/mol. The fourth-order valence-electron chi connectivity index (χ4n) is 3.80. The molecule has 0 bridgehead atoms. The molecule has 0 aliphatic carbocycles. The van der Waals surface area contributed by atoms with E-state index in [9.17, 15) is 23.1 Å². The number of carbonyl (C=O) groups excluding carboxylic acids is 2. The van der Waals surface area contributed by atoms with Crippen molar-refractivity contribution in [2.24, 2.45) is 5.14 Å². The Morgan fingerprint density at radius 2 is 1.63 bits per heavy atom. The normalized spacial score (nSPS) is 17.6. The number of hydrogen-bond donors (Lipinski definition) is 2. The number of halogens is 2. The molecule has 1 amide bonds. The number of aliphatic hydroxyl groups is 1. The van der Waals surface area contributed by atoms with Crippen LogP contribution in [0, 0.1) is 0 Å². The number of hydrogen-bond acceptors (Lipinski definition) is 7. The third kappa shape index (κ3) is 4.48. The average molecular weight is 534 g/mol. The molecule has 35 heavy (non-hydrogen) atoms. The van der Waals surface area contributed by atoms with E-state index in [2.05, 4.69) is 4.98 Å². The van der Waals surface area contributed by atoms with E-state index in [4.69, 9.17) is 33.1 Å². The number of methoxy groups -OCH3 is 1. The Labute approximate surface area is 210 Å². The summed E-state index contributed by atoms with van der Waals surface area (Å²) in [5.41, 5.74) is 0.574. The van der Waals surface area contributed by atoms with Gasteiger partial charge in [0.1, 0.15) is 5.76 Å². The number of anilines is 1. The molecule has 1 atom stereocenters. The van der Waals surface area contributed by atoms with E-state index in [0.717, 1.165) is 4.90 Å². The van der Waals surface area contributed by atoms with Gasteiger partial charge in [-0.25, -0.2) is 13.6 Å². The van der Waals surface area contributed by atoms with Crippen molar-refractivity contribution in [2.75, 3.05) is 12.0 Å². The maximum absolute atomic E-state index is 13.2. The number of ether oxygens (including phenoxy) is 1. The molecule has 12 heteroatoms. The second-order valence-corrected chi connectivity index (χ2v) is 9.84. The second kappa shape index (κ2) is 9.31. The number of carbonyl (C=O) groups is 2. The summed E-state index contributed by atoms with van der Waals surface area (Å²) in [5.74, 6) is -2.20. The molecule has 2 heterocycles. The van der Waals surface area contributed by atoms with Crippen LogP contribution < -0.4 is 14.8 Å². The zero-order valence-corrected chi connectivity index (χ0v) is 20.3. The van der Waals surface area contributed by atoms with Gasteiger partial charge in [-0.05, 0) is 54.1 Å². The molecule has 180 valence electrons. The number of amides is 1. The minimum atomic E-state index is -3.97. The summed E-state index contributed by atoms with van der Waals surface area (Å²) < 4.78 is 28.4. The lowest BCUT2D eigenvalue weighted by Crippen LogP contribution is -2.29. The van der Waals surface area contributed by atoms with Crippen LogP contribution in [0.3, 0.4) is 0 Å². The third-order valence-electron chi connectivity index (χ3n) is 5.39. The predicted octanol–water partition coefficient (Wildman–Crippen LogP) is 3.67. The van der Waals surface area contributed by atoms with Crippen LogP contribution in [0.25, 0.3) is 5.76 Å². The van der Waals surface area contributed by atoms with Crippen molar-refractivity contribution >= 4 is 56.4 Å². The number of rotatable bonds is 5. The van der Waals surface area contributed by atoms with E-state index in [1.807, 2.05) is 0 Å². The fourth-order valence-corrected chi connectivity index (χ4v) is 4.96. The van der Waals surface area contributed by atoms with Gasteiger partial charge in [-0.3, -0.25) is 19.5 Å². The molecule has 2 aromatic carbocycles. The Bertz CT molecular complexity index is 1450. The van der Waals surface area contributed by atoms with E-state index in [1.54, 1.807) is 12.1 Å². The van der Waals surface area contributed by atoms with E-state index in [1.165, 1.54) is 55.9 Å². The number of aromatic nitrogens is 1. The largest absolute Gasteiger partial charge is 0.507 e. The van der Waals surface area contributed by atoms with Crippen LogP contribution in [0.2, 0.25) is 10.0 Å². The quantitative estimate of drug-likeness (QED) is 0.289. The minimum absolute atomic E-state index is 0.0924. The molecule has 3 aromatic rings. The molecule has 1 aliphatic heterocycles. The highest BCUT2D eigenvalue weighted by Gasteiger charge is 2.47. The van der Waals surface area contributed by atoms with Gasteiger partial charge in [0.15, 0.2) is 5.75 Å². The second-order valence-electron chi connectivity index (χ2n) is 7.46. The number of sulfonamides is 1. The Hall–Kier alpha value is -3.44. The molecule has 4 rings (SSSR count). The Kier molecular flexibility index (Phi) is 6.56. The van der Waals surface area contributed by atoms with Crippen molar-refractivity contribution in [3.05, 3.63) is 87.7 Å². The molecule has 3 N–H and O–H groups in total. The van der Waals surface area contributed by atoms with Crippen LogP contribution in [-0.4, -0.2) is 37.3 Å². The summed E-state index contributed by atoms with van der Waals surface area (Å²) >= 11 is 12.4. The van der Waals surface area contributed by atoms with Crippen molar-refractivity contribution in [2.45, 2.75) is 10.9 Å². The molecule has 1 saturated heterocycles. The molecular weight excluding hydrogens is 517 g/mol. The maximum Gasteiger partial charge on any atom is 0.300 e. The van der Waals surface area contributed by atoms with Gasteiger partial charge in [-0.1, -0.05) is 23.2 Å². The lowest BCUT2D eigenvalue weighted by Gasteiger charge is -2.25. The molecule has 1 aromatic heterocycles. The van der Waals surface area contributed by atoms with Gasteiger partial charge in [0.25, 0.3) is 11.7 Å². The highest BCUT2D eigenvalue weighted by Crippen LogP contribution is 2.43. The molecule has 0 spiro atoms. The number of nitrogens with zero attached hydrogens (tertiary/aromatic N) is 2. The summed E-state index contributed by atoms with van der Waals surface area (Å²) in [6.07, 6.45) is 2.95. The molecule has 0 saturated carbocycles. The van der Waals surface area contributed by atoms with Gasteiger partial charge >= 0.3 is 0 Å². The van der Waals surface area contributed by atoms with Crippen molar-refractivity contribution < 1.29 is 27.9 Å². The Balaban J connectivity index is 1.93. The first-order valence-corrected chi connectivity index (χ1v) is 12.2. The van der Waals surface area contributed by atoms with Crippen LogP contribution in [0.15, 0.2) is 71.4 Å². The minimum Gasteiger partial charge on any atom is -0.507 e. The lowest BCUT2D eigenvalue weighted by atomic mass is 9.95. The van der Waals surface area contributed by atoms with E-state index in [0.29, 0.717) is 5.56 Å². The van der Waals surface area contributed by atoms with E-state index < -0.39 is 33.5 Å². The van der Waals surface area contributed by atoms with Gasteiger partial charge in [0.2, 0.25) is 10.0 Å². The van der Waals surface area contributed by atoms with Crippen molar-refractivity contribution in [3.63, 3.8) is 0 Å². The fraction of sp³-hybridized carbons (Fsp3) is 0.0870. The first-order chi connectivity index (χ1) is 16.5. The average Bonchev–Trinajstić information content (AvgIpc) is 3.09. The zero-order valence-electron chi connectivity index (χ0n) is 18.0. The van der Waals surface area contributed by atoms with Gasteiger partial charge in [-0.15, -0.1) is 0 Å². The van der Waals surface area contributed by atoms with Crippen LogP contribution in [0.5, 0.6) is 5.75 Å². The van der Waals surface area contributed by atoms with Gasteiger partial charge in [0.05, 0.1) is 33.7 Å². The molecular formula is C23H17Cl2N3O6S. The van der Waals surface area contributed by atoms with Crippen molar-refractivity contribution in [3.8, 4) is 5.75 Å². The summed E-state index contributed by atoms with van der Waals surface area (Å²) in [6, 6.07) is 9.97. The number of primary sulfonamides is 1. The van der Waals surface area contributed by atoms with Crippen LogP contribution in [0.4, 0.5) is 5.69 Å². The number of nitrogens with two attached hydrogens (primary N) is 1. The SMILES string of the molecule is COc1c(Cl)cc(/C(O)=C2\C(=O)C(=O)N(c3ccc(S(N)(=O)=O)cc3)C2c2ccncc2)cc1Cl. The lowest BCUT2D eigenvalue weighted by molar-refractivity contribution is -0.132. The zero-order chi connectivity index (χ0) is 25.5. The molecule has 1 unspecified atom stereocenters. The summed E-state index contributed by atoms with van der Waals surface area (Å²) in [4.78, 5) is 31.3. The molecule has 9 nitrogen and oxygen atoms in total.